The van der Waals surface area contributed by atoms with Crippen LogP contribution in [0, 0.1) is 11.3 Å². The van der Waals surface area contributed by atoms with E-state index in [0.29, 0.717) is 29.2 Å². The molecule has 0 heterocycles. The lowest BCUT2D eigenvalue weighted by Gasteiger charge is -2.17. The lowest BCUT2D eigenvalue weighted by molar-refractivity contribution is -0.153. The number of ether oxygens (including phenoxy) is 3. The number of hydrogen-bond donors (Lipinski definition) is 0. The van der Waals surface area contributed by atoms with Crippen molar-refractivity contribution in [1.82, 2.24) is 0 Å². The van der Waals surface area contributed by atoms with Crippen LogP contribution in [0.25, 0.3) is 0 Å². The summed E-state index contributed by atoms with van der Waals surface area (Å²) < 4.78 is 16.1. The van der Waals surface area contributed by atoms with Gasteiger partial charge in [-0.25, -0.2) is 4.79 Å². The zero-order chi connectivity index (χ0) is 19.8. The third-order valence-electron chi connectivity index (χ3n) is 3.74. The van der Waals surface area contributed by atoms with E-state index in [4.69, 9.17) is 19.5 Å². The van der Waals surface area contributed by atoms with Gasteiger partial charge in [-0.1, -0.05) is 0 Å². The van der Waals surface area contributed by atoms with E-state index in [0.717, 1.165) is 0 Å². The Hall–Kier alpha value is -3.33. The van der Waals surface area contributed by atoms with E-state index in [1.807, 2.05) is 13.0 Å². The van der Waals surface area contributed by atoms with Crippen molar-refractivity contribution in [3.05, 3.63) is 59.7 Å². The molecule has 0 saturated carbocycles. The third-order valence-corrected chi connectivity index (χ3v) is 3.74. The molecule has 0 aliphatic carbocycles. The molecule has 2 aromatic carbocycles. The van der Waals surface area contributed by atoms with Crippen LogP contribution in [0.3, 0.4) is 0 Å². The summed E-state index contributed by atoms with van der Waals surface area (Å²) in [6.45, 7) is 5.47. The van der Waals surface area contributed by atoms with Gasteiger partial charge < -0.3 is 14.2 Å². The fraction of sp³-hybridized carbons (Fsp3) is 0.286. The van der Waals surface area contributed by atoms with Gasteiger partial charge in [0, 0.05) is 5.56 Å². The van der Waals surface area contributed by atoms with Crippen LogP contribution in [0.4, 0.5) is 0 Å². The number of carbonyl (C=O) groups excluding carboxylic acids is 2. The van der Waals surface area contributed by atoms with Gasteiger partial charge in [-0.2, -0.15) is 5.26 Å². The Morgan fingerprint density at radius 1 is 0.963 bits per heavy atom. The monoisotopic (exact) mass is 367 g/mol. The number of benzene rings is 2. The average Bonchev–Trinajstić information content (AvgIpc) is 2.68. The average molecular weight is 367 g/mol. The van der Waals surface area contributed by atoms with Crippen molar-refractivity contribution in [1.29, 1.82) is 5.26 Å². The summed E-state index contributed by atoms with van der Waals surface area (Å²) in [7, 11) is 0. The molecule has 0 saturated heterocycles. The number of carbonyl (C=O) groups is 2. The third kappa shape index (κ3) is 5.58. The van der Waals surface area contributed by atoms with Crippen molar-refractivity contribution in [3.8, 4) is 17.6 Å². The molecule has 0 aromatic heterocycles. The minimum atomic E-state index is -0.942. The lowest BCUT2D eigenvalue weighted by Crippen LogP contribution is -2.32. The first-order valence-electron chi connectivity index (χ1n) is 8.59. The van der Waals surface area contributed by atoms with Crippen molar-refractivity contribution < 1.29 is 23.8 Å². The Bertz CT molecular complexity index is 821. The zero-order valence-electron chi connectivity index (χ0n) is 15.5. The fourth-order valence-corrected chi connectivity index (χ4v) is 2.30. The highest BCUT2D eigenvalue weighted by Gasteiger charge is 2.24. The minimum absolute atomic E-state index is 0.308. The molecule has 0 unspecified atom stereocenters. The van der Waals surface area contributed by atoms with Crippen LogP contribution in [0.1, 0.15) is 36.7 Å². The van der Waals surface area contributed by atoms with E-state index in [1.165, 1.54) is 13.8 Å². The Morgan fingerprint density at radius 2 is 1.56 bits per heavy atom. The van der Waals surface area contributed by atoms with Crippen molar-refractivity contribution in [2.24, 2.45) is 0 Å². The maximum absolute atomic E-state index is 12.4. The summed E-state index contributed by atoms with van der Waals surface area (Å²) >= 11 is 0. The van der Waals surface area contributed by atoms with Crippen molar-refractivity contribution in [3.63, 3.8) is 0 Å². The molecule has 0 aliphatic rings. The van der Waals surface area contributed by atoms with E-state index in [1.54, 1.807) is 48.5 Å². The van der Waals surface area contributed by atoms with Crippen LogP contribution in [-0.2, 0) is 9.53 Å². The zero-order valence-corrected chi connectivity index (χ0v) is 15.5. The number of Topliss-reactive ketones (excluding diaryl/α,β-unsaturated/α-hetero) is 1. The van der Waals surface area contributed by atoms with Crippen molar-refractivity contribution in [2.75, 3.05) is 6.61 Å². The maximum atomic E-state index is 12.4. The van der Waals surface area contributed by atoms with Gasteiger partial charge in [0.25, 0.3) is 0 Å². The highest BCUT2D eigenvalue weighted by atomic mass is 16.6. The molecule has 0 fully saturated rings. The molecule has 0 N–H and O–H groups in total. The number of hydrogen-bond acceptors (Lipinski definition) is 6. The number of esters is 1. The Morgan fingerprint density at radius 3 is 2.11 bits per heavy atom. The van der Waals surface area contributed by atoms with Crippen LogP contribution in [0.15, 0.2) is 48.5 Å². The van der Waals surface area contributed by atoms with Gasteiger partial charge in [0.1, 0.15) is 11.5 Å². The molecule has 0 bridgehead atoms. The molecule has 2 atom stereocenters. The molecule has 6 nitrogen and oxygen atoms in total. The molecule has 0 aliphatic heterocycles. The Kier molecular flexibility index (Phi) is 6.95. The summed E-state index contributed by atoms with van der Waals surface area (Å²) in [6, 6.07) is 15.0. The van der Waals surface area contributed by atoms with E-state index in [2.05, 4.69) is 0 Å². The second kappa shape index (κ2) is 9.39. The maximum Gasteiger partial charge on any atom is 0.347 e. The molecule has 140 valence electrons. The summed E-state index contributed by atoms with van der Waals surface area (Å²) in [5.74, 6) is 0.148. The van der Waals surface area contributed by atoms with Gasteiger partial charge >= 0.3 is 5.97 Å². The standard InChI is InChI=1S/C21H21NO5/c1-4-25-18-11-7-17(8-12-18)20(23)14(2)27-21(24)15(3)26-19-9-5-16(13-22)6-10-19/h5-12,14-15H,4H2,1-3H3/t14-,15+/m0/s1. The summed E-state index contributed by atoms with van der Waals surface area (Å²) in [5, 5.41) is 8.78. The first-order chi connectivity index (χ1) is 12.9. The molecule has 27 heavy (non-hydrogen) atoms. The highest BCUT2D eigenvalue weighted by Crippen LogP contribution is 2.16. The fourth-order valence-electron chi connectivity index (χ4n) is 2.30. The van der Waals surface area contributed by atoms with Crippen LogP contribution < -0.4 is 9.47 Å². The van der Waals surface area contributed by atoms with Crippen molar-refractivity contribution in [2.45, 2.75) is 33.0 Å². The van der Waals surface area contributed by atoms with Crippen molar-refractivity contribution >= 4 is 11.8 Å². The van der Waals surface area contributed by atoms with Gasteiger partial charge in [-0.15, -0.1) is 0 Å². The Balaban J connectivity index is 1.92. The molecule has 6 heteroatoms. The van der Waals surface area contributed by atoms with Crippen LogP contribution in [0.2, 0.25) is 0 Å². The molecule has 2 rings (SSSR count). The minimum Gasteiger partial charge on any atom is -0.494 e. The summed E-state index contributed by atoms with van der Waals surface area (Å²) in [5.41, 5.74) is 0.923. The largest absolute Gasteiger partial charge is 0.494 e. The predicted molar refractivity (Wildman–Crippen MR) is 98.7 cm³/mol. The molecule has 2 aromatic rings. The van der Waals surface area contributed by atoms with E-state index in [9.17, 15) is 9.59 Å². The lowest BCUT2D eigenvalue weighted by atomic mass is 10.1. The van der Waals surface area contributed by atoms with Gasteiger partial charge in [-0.3, -0.25) is 4.79 Å². The van der Waals surface area contributed by atoms with Gasteiger partial charge in [0.15, 0.2) is 12.2 Å². The van der Waals surface area contributed by atoms with Crippen LogP contribution in [0.5, 0.6) is 11.5 Å². The first kappa shape index (κ1) is 20.0. The second-order valence-electron chi connectivity index (χ2n) is 5.80. The van der Waals surface area contributed by atoms with E-state index >= 15 is 0 Å². The number of rotatable bonds is 8. The molecule has 0 radical (unpaired) electrons. The molecular weight excluding hydrogens is 346 g/mol. The Labute approximate surface area is 158 Å². The normalized spacial score (nSPS) is 12.4. The molecular formula is C21H21NO5. The van der Waals surface area contributed by atoms with Crippen LogP contribution >= 0.6 is 0 Å². The quantitative estimate of drug-likeness (QED) is 0.524. The van der Waals surface area contributed by atoms with Gasteiger partial charge in [-0.05, 0) is 69.3 Å². The highest BCUT2D eigenvalue weighted by molar-refractivity contribution is 6.00. The molecule has 0 spiro atoms. The van der Waals surface area contributed by atoms with E-state index < -0.39 is 18.2 Å². The SMILES string of the molecule is CCOc1ccc(C(=O)[C@H](C)OC(=O)[C@@H](C)Oc2ccc(C#N)cc2)cc1. The smallest absolute Gasteiger partial charge is 0.347 e. The second-order valence-corrected chi connectivity index (χ2v) is 5.80. The summed E-state index contributed by atoms with van der Waals surface area (Å²) in [6.07, 6.45) is -1.84. The van der Waals surface area contributed by atoms with Gasteiger partial charge in [0.2, 0.25) is 5.78 Å². The van der Waals surface area contributed by atoms with E-state index in [-0.39, 0.29) is 5.78 Å². The number of nitrogens with zero attached hydrogens (tertiary/aromatic N) is 1. The summed E-state index contributed by atoms with van der Waals surface area (Å²) in [4.78, 5) is 24.6. The number of nitriles is 1. The number of ketones is 1. The topological polar surface area (TPSA) is 85.6 Å². The van der Waals surface area contributed by atoms with Gasteiger partial charge in [0.05, 0.1) is 18.2 Å². The van der Waals surface area contributed by atoms with Crippen LogP contribution in [-0.4, -0.2) is 30.6 Å². The molecule has 0 amide bonds. The first-order valence-corrected chi connectivity index (χ1v) is 8.59. The predicted octanol–water partition coefficient (Wildman–Crippen LogP) is 3.54.